The summed E-state index contributed by atoms with van der Waals surface area (Å²) in [6.07, 6.45) is 2.70. The van der Waals surface area contributed by atoms with Crippen LogP contribution in [-0.4, -0.2) is 60.7 Å². The van der Waals surface area contributed by atoms with Gasteiger partial charge in [0.2, 0.25) is 0 Å². The summed E-state index contributed by atoms with van der Waals surface area (Å²) in [7, 11) is 3.04. The summed E-state index contributed by atoms with van der Waals surface area (Å²) in [4.78, 5) is 21.8. The maximum Gasteiger partial charge on any atom is 0.322 e. The second-order valence-corrected chi connectivity index (χ2v) is 8.68. The van der Waals surface area contributed by atoms with Crippen molar-refractivity contribution >= 4 is 45.7 Å². The summed E-state index contributed by atoms with van der Waals surface area (Å²) in [5, 5.41) is 3.28. The third-order valence-electron chi connectivity index (χ3n) is 6.20. The summed E-state index contributed by atoms with van der Waals surface area (Å²) in [5.41, 5.74) is 2.85. The van der Waals surface area contributed by atoms with E-state index in [9.17, 15) is 9.18 Å². The van der Waals surface area contributed by atoms with Gasteiger partial charge in [0.1, 0.15) is 17.3 Å². The van der Waals surface area contributed by atoms with Crippen molar-refractivity contribution < 1.29 is 18.7 Å². The van der Waals surface area contributed by atoms with E-state index < -0.39 is 0 Å². The second kappa shape index (κ2) is 9.50. The monoisotopic (exact) mass is 497 g/mol. The Morgan fingerprint density at radius 1 is 1.03 bits per heavy atom. The summed E-state index contributed by atoms with van der Waals surface area (Å²) < 4.78 is 26.5. The number of urea groups is 1. The number of aromatic nitrogens is 2. The van der Waals surface area contributed by atoms with Crippen molar-refractivity contribution in [3.05, 3.63) is 59.5 Å². The summed E-state index contributed by atoms with van der Waals surface area (Å²) in [6, 6.07) is 11.6. The minimum absolute atomic E-state index is 0.243. The number of benzene rings is 2. The van der Waals surface area contributed by atoms with Crippen LogP contribution in [0.25, 0.3) is 16.6 Å². The highest BCUT2D eigenvalue weighted by atomic mass is 35.5. The number of hydrogen-bond donors (Lipinski definition) is 1. The van der Waals surface area contributed by atoms with Crippen LogP contribution in [-0.2, 0) is 0 Å². The van der Waals surface area contributed by atoms with Gasteiger partial charge in [0.25, 0.3) is 0 Å². The van der Waals surface area contributed by atoms with Crippen LogP contribution in [0.15, 0.2) is 48.7 Å². The van der Waals surface area contributed by atoms with E-state index in [1.807, 2.05) is 22.7 Å². The first-order valence-corrected chi connectivity index (χ1v) is 11.6. The van der Waals surface area contributed by atoms with Crippen LogP contribution in [0.2, 0.25) is 5.02 Å². The molecule has 1 N–H and O–H groups in total. The molecule has 0 aliphatic carbocycles. The largest absolute Gasteiger partial charge is 0.495 e. The fourth-order valence-electron chi connectivity index (χ4n) is 4.45. The van der Waals surface area contributed by atoms with Crippen molar-refractivity contribution in [3.63, 3.8) is 0 Å². The Labute approximate surface area is 206 Å². The normalized spacial score (nSPS) is 14.3. The maximum atomic E-state index is 13.9. The Hall–Kier alpha value is -3.72. The highest BCUT2D eigenvalue weighted by Crippen LogP contribution is 2.36. The molecule has 0 saturated carbocycles. The van der Waals surface area contributed by atoms with Crippen molar-refractivity contribution in [2.24, 2.45) is 0 Å². The van der Waals surface area contributed by atoms with Crippen LogP contribution in [0.5, 0.6) is 11.5 Å². The third kappa shape index (κ3) is 4.39. The standard InChI is InChI=1S/C25H25ClFN5O3/c1-34-22-15-23(35-2)19(14-17(22)26)29-25(33)31-9-4-8-30(11-12-31)24-21-5-3-10-32(21)20-7-6-16(27)13-18(20)28-24/h3,5-7,10,13-15H,4,8-9,11-12H2,1-2H3,(H,29,33). The van der Waals surface area contributed by atoms with Crippen molar-refractivity contribution in [3.8, 4) is 11.5 Å². The highest BCUT2D eigenvalue weighted by Gasteiger charge is 2.23. The van der Waals surface area contributed by atoms with Crippen LogP contribution in [0.4, 0.5) is 20.7 Å². The number of halogens is 2. The number of anilines is 2. The van der Waals surface area contributed by atoms with E-state index in [-0.39, 0.29) is 11.8 Å². The first-order valence-electron chi connectivity index (χ1n) is 11.3. The van der Waals surface area contributed by atoms with Crippen molar-refractivity contribution in [2.45, 2.75) is 6.42 Å². The van der Waals surface area contributed by atoms with Gasteiger partial charge in [-0.1, -0.05) is 11.6 Å². The number of rotatable bonds is 4. The molecule has 0 bridgehead atoms. The number of ether oxygens (including phenoxy) is 2. The van der Waals surface area contributed by atoms with E-state index in [1.165, 1.54) is 26.4 Å². The number of fused-ring (bicyclic) bond motifs is 3. The van der Waals surface area contributed by atoms with Gasteiger partial charge in [-0.05, 0) is 36.8 Å². The minimum Gasteiger partial charge on any atom is -0.495 e. The molecular formula is C25H25ClFN5O3. The molecule has 0 radical (unpaired) electrons. The smallest absolute Gasteiger partial charge is 0.322 e. The fraction of sp³-hybridized carbons (Fsp3) is 0.280. The van der Waals surface area contributed by atoms with Crippen LogP contribution in [0.3, 0.4) is 0 Å². The molecule has 1 aliphatic rings. The van der Waals surface area contributed by atoms with E-state index in [4.69, 9.17) is 26.1 Å². The average Bonchev–Trinajstić information content (AvgIpc) is 3.21. The molecule has 8 nitrogen and oxygen atoms in total. The Balaban J connectivity index is 1.36. The lowest BCUT2D eigenvalue weighted by molar-refractivity contribution is 0.215. The molecule has 1 saturated heterocycles. The number of hydrogen-bond acceptors (Lipinski definition) is 5. The Kier molecular flexibility index (Phi) is 6.25. The Morgan fingerprint density at radius 2 is 1.86 bits per heavy atom. The molecule has 182 valence electrons. The molecule has 10 heteroatoms. The molecule has 5 rings (SSSR count). The van der Waals surface area contributed by atoms with Crippen LogP contribution < -0.4 is 19.7 Å². The SMILES string of the molecule is COc1cc(OC)c(NC(=O)N2CCCN(c3nc4cc(F)ccc4n4cccc34)CC2)cc1Cl. The fourth-order valence-corrected chi connectivity index (χ4v) is 4.69. The number of carbonyl (C=O) groups excluding carboxylic acids is 1. The van der Waals surface area contributed by atoms with Gasteiger partial charge in [-0.15, -0.1) is 0 Å². The molecule has 0 atom stereocenters. The lowest BCUT2D eigenvalue weighted by Gasteiger charge is -2.24. The summed E-state index contributed by atoms with van der Waals surface area (Å²) in [5.74, 6) is 1.37. The topological polar surface area (TPSA) is 71.3 Å². The van der Waals surface area contributed by atoms with Gasteiger partial charge in [-0.25, -0.2) is 14.2 Å². The molecule has 35 heavy (non-hydrogen) atoms. The van der Waals surface area contributed by atoms with E-state index >= 15 is 0 Å². The lowest BCUT2D eigenvalue weighted by Crippen LogP contribution is -2.38. The summed E-state index contributed by atoms with van der Waals surface area (Å²) >= 11 is 6.25. The Morgan fingerprint density at radius 3 is 2.66 bits per heavy atom. The Bertz CT molecular complexity index is 1410. The summed E-state index contributed by atoms with van der Waals surface area (Å²) in [6.45, 7) is 2.38. The van der Waals surface area contributed by atoms with E-state index in [1.54, 1.807) is 23.1 Å². The van der Waals surface area contributed by atoms with E-state index in [2.05, 4.69) is 10.2 Å². The molecule has 4 aromatic rings. The molecule has 1 fully saturated rings. The zero-order valence-electron chi connectivity index (χ0n) is 19.4. The maximum absolute atomic E-state index is 13.9. The zero-order chi connectivity index (χ0) is 24.5. The van der Waals surface area contributed by atoms with E-state index in [0.29, 0.717) is 47.4 Å². The van der Waals surface area contributed by atoms with Crippen molar-refractivity contribution in [1.29, 1.82) is 0 Å². The van der Waals surface area contributed by atoms with Gasteiger partial charge in [0, 0.05) is 44.5 Å². The molecule has 0 unspecified atom stereocenters. The zero-order valence-corrected chi connectivity index (χ0v) is 20.2. The predicted molar refractivity (Wildman–Crippen MR) is 135 cm³/mol. The highest BCUT2D eigenvalue weighted by molar-refractivity contribution is 6.32. The van der Waals surface area contributed by atoms with Gasteiger partial charge in [0.15, 0.2) is 5.82 Å². The van der Waals surface area contributed by atoms with Gasteiger partial charge < -0.3 is 29.0 Å². The van der Waals surface area contributed by atoms with Gasteiger partial charge in [-0.3, -0.25) is 0 Å². The van der Waals surface area contributed by atoms with Gasteiger partial charge in [0.05, 0.1) is 41.5 Å². The molecular weight excluding hydrogens is 473 g/mol. The number of methoxy groups -OCH3 is 2. The molecule has 2 amide bonds. The molecule has 0 spiro atoms. The number of amides is 2. The molecule has 1 aliphatic heterocycles. The van der Waals surface area contributed by atoms with Crippen molar-refractivity contribution in [1.82, 2.24) is 14.3 Å². The number of nitrogens with one attached hydrogen (secondary N) is 1. The quantitative estimate of drug-likeness (QED) is 0.427. The molecule has 2 aromatic carbocycles. The van der Waals surface area contributed by atoms with Gasteiger partial charge >= 0.3 is 6.03 Å². The first kappa shape index (κ1) is 23.0. The molecule has 2 aromatic heterocycles. The van der Waals surface area contributed by atoms with Crippen LogP contribution in [0.1, 0.15) is 6.42 Å². The van der Waals surface area contributed by atoms with Gasteiger partial charge in [-0.2, -0.15) is 0 Å². The van der Waals surface area contributed by atoms with Crippen LogP contribution in [0, 0.1) is 5.82 Å². The first-order chi connectivity index (χ1) is 17.0. The third-order valence-corrected chi connectivity index (χ3v) is 6.49. The van der Waals surface area contributed by atoms with E-state index in [0.717, 1.165) is 29.8 Å². The van der Waals surface area contributed by atoms with Crippen molar-refractivity contribution in [2.75, 3.05) is 50.6 Å². The second-order valence-electron chi connectivity index (χ2n) is 8.28. The molecule has 3 heterocycles. The number of nitrogens with zero attached hydrogens (tertiary/aromatic N) is 4. The lowest BCUT2D eigenvalue weighted by atomic mass is 10.2. The van der Waals surface area contributed by atoms with Crippen LogP contribution >= 0.6 is 11.6 Å². The number of carbonyl (C=O) groups is 1. The average molecular weight is 498 g/mol. The minimum atomic E-state index is -0.324. The predicted octanol–water partition coefficient (Wildman–Crippen LogP) is 5.04.